The molecule has 2 aliphatic heterocycles. The van der Waals surface area contributed by atoms with Crippen LogP contribution < -0.4 is 0 Å². The number of hydrogen-bond donors (Lipinski definition) is 3. The lowest BCUT2D eigenvalue weighted by Crippen LogP contribution is -2.37. The van der Waals surface area contributed by atoms with Gasteiger partial charge in [-0.2, -0.15) is 0 Å². The van der Waals surface area contributed by atoms with Crippen LogP contribution in [0.25, 0.3) is 0 Å². The van der Waals surface area contributed by atoms with Crippen LogP contribution in [0.15, 0.2) is 0 Å². The zero-order valence-corrected chi connectivity index (χ0v) is 18.6. The van der Waals surface area contributed by atoms with Crippen molar-refractivity contribution in [2.24, 2.45) is 5.92 Å². The van der Waals surface area contributed by atoms with Crippen molar-refractivity contribution in [2.75, 3.05) is 6.16 Å². The van der Waals surface area contributed by atoms with Crippen LogP contribution in [0, 0.1) is 5.92 Å². The topological polar surface area (TPSA) is 115 Å². The van der Waals surface area contributed by atoms with Gasteiger partial charge in [-0.1, -0.05) is 13.8 Å². The van der Waals surface area contributed by atoms with Gasteiger partial charge >= 0.3 is 7.60 Å². The van der Waals surface area contributed by atoms with E-state index < -0.39 is 56.4 Å². The fourth-order valence-electron chi connectivity index (χ4n) is 3.87. The van der Waals surface area contributed by atoms with Crippen molar-refractivity contribution in [3.05, 3.63) is 0 Å². The Kier molecular flexibility index (Phi) is 8.51. The molecule has 2 rings (SSSR count). The summed E-state index contributed by atoms with van der Waals surface area (Å²) in [5.41, 5.74) is 0. The smallest absolute Gasteiger partial charge is 0.328 e. The Bertz CT molecular complexity index is 540. The van der Waals surface area contributed by atoms with Gasteiger partial charge < -0.3 is 29.3 Å². The Morgan fingerprint density at radius 2 is 1.50 bits per heavy atom. The molecule has 0 aliphatic carbocycles. The monoisotopic (exact) mass is 424 g/mol. The van der Waals surface area contributed by atoms with Crippen molar-refractivity contribution in [2.45, 2.75) is 109 Å². The van der Waals surface area contributed by atoms with Gasteiger partial charge in [-0.15, -0.1) is 0 Å². The van der Waals surface area contributed by atoms with E-state index in [1.54, 1.807) is 13.8 Å². The SMILES string of the molecule is CC(C)C[C@H]1O[C@@H](C)[C@@H](O)C1OP(=O)(O)CC[C@H]1O[C@@H](C)[C@@H](O)C1OC(C)C. The summed E-state index contributed by atoms with van der Waals surface area (Å²) >= 11 is 0. The number of aliphatic hydroxyl groups excluding tert-OH is 2. The van der Waals surface area contributed by atoms with Crippen molar-refractivity contribution in [1.82, 2.24) is 0 Å². The fourth-order valence-corrected chi connectivity index (χ4v) is 5.20. The van der Waals surface area contributed by atoms with Gasteiger partial charge in [0.25, 0.3) is 0 Å². The summed E-state index contributed by atoms with van der Waals surface area (Å²) in [6.07, 6.45) is -4.32. The molecule has 0 saturated carbocycles. The van der Waals surface area contributed by atoms with Crippen molar-refractivity contribution < 1.29 is 38.4 Å². The third-order valence-electron chi connectivity index (χ3n) is 5.26. The maximum atomic E-state index is 12.7. The molecule has 8 nitrogen and oxygen atoms in total. The summed E-state index contributed by atoms with van der Waals surface area (Å²) in [4.78, 5) is 10.4. The summed E-state index contributed by atoms with van der Waals surface area (Å²) in [5, 5.41) is 20.6. The first-order valence-electron chi connectivity index (χ1n) is 10.2. The molecule has 3 N–H and O–H groups in total. The van der Waals surface area contributed by atoms with Gasteiger partial charge in [0.1, 0.15) is 24.4 Å². The number of aliphatic hydroxyl groups is 2. The van der Waals surface area contributed by atoms with Crippen LogP contribution in [0.3, 0.4) is 0 Å². The molecule has 0 aromatic carbocycles. The van der Waals surface area contributed by atoms with Crippen molar-refractivity contribution in [1.29, 1.82) is 0 Å². The first-order valence-corrected chi connectivity index (χ1v) is 12.0. The Hall–Kier alpha value is -0.0500. The molecular formula is C19H37O8P. The molecule has 0 radical (unpaired) electrons. The quantitative estimate of drug-likeness (QED) is 0.482. The van der Waals surface area contributed by atoms with E-state index in [1.807, 2.05) is 27.7 Å². The Balaban J connectivity index is 1.98. The van der Waals surface area contributed by atoms with Crippen molar-refractivity contribution in [3.8, 4) is 0 Å². The maximum Gasteiger partial charge on any atom is 0.328 e. The van der Waals surface area contributed by atoms with Crippen LogP contribution in [0.5, 0.6) is 0 Å². The molecule has 28 heavy (non-hydrogen) atoms. The van der Waals surface area contributed by atoms with Crippen LogP contribution in [-0.2, 0) is 23.3 Å². The van der Waals surface area contributed by atoms with Crippen LogP contribution in [0.4, 0.5) is 0 Å². The highest BCUT2D eigenvalue weighted by molar-refractivity contribution is 7.52. The first-order chi connectivity index (χ1) is 12.9. The summed E-state index contributed by atoms with van der Waals surface area (Å²) in [5.74, 6) is 0.301. The van der Waals surface area contributed by atoms with E-state index >= 15 is 0 Å². The molecule has 0 spiro atoms. The lowest BCUT2D eigenvalue weighted by molar-refractivity contribution is -0.0664. The van der Waals surface area contributed by atoms with E-state index in [9.17, 15) is 19.7 Å². The molecule has 2 fully saturated rings. The molecule has 3 unspecified atom stereocenters. The highest BCUT2D eigenvalue weighted by atomic mass is 31.2. The Labute approximate surface area is 168 Å². The van der Waals surface area contributed by atoms with Crippen LogP contribution in [0.1, 0.15) is 54.4 Å². The molecule has 2 heterocycles. The van der Waals surface area contributed by atoms with Crippen molar-refractivity contribution >= 4 is 7.60 Å². The second-order valence-electron chi connectivity index (χ2n) is 8.74. The van der Waals surface area contributed by atoms with Gasteiger partial charge in [0.15, 0.2) is 0 Å². The van der Waals surface area contributed by atoms with E-state index in [0.29, 0.717) is 12.3 Å². The summed E-state index contributed by atoms with van der Waals surface area (Å²) < 4.78 is 35.4. The van der Waals surface area contributed by atoms with E-state index in [4.69, 9.17) is 18.7 Å². The minimum absolute atomic E-state index is 0.0997. The maximum absolute atomic E-state index is 12.7. The molecule has 166 valence electrons. The molecule has 0 amide bonds. The van der Waals surface area contributed by atoms with Gasteiger partial charge in [0.05, 0.1) is 36.7 Å². The van der Waals surface area contributed by atoms with Crippen LogP contribution in [-0.4, -0.2) is 76.2 Å². The summed E-state index contributed by atoms with van der Waals surface area (Å²) in [7, 11) is -4.00. The summed E-state index contributed by atoms with van der Waals surface area (Å²) in [6, 6.07) is 0. The second-order valence-corrected chi connectivity index (χ2v) is 10.7. The fraction of sp³-hybridized carbons (Fsp3) is 1.00. The largest absolute Gasteiger partial charge is 0.388 e. The predicted octanol–water partition coefficient (Wildman–Crippen LogP) is 2.08. The average molecular weight is 424 g/mol. The van der Waals surface area contributed by atoms with E-state index in [2.05, 4.69) is 0 Å². The first kappa shape index (κ1) is 24.2. The standard InChI is InChI=1S/C19H37O8P/c1-10(2)9-15-19(17(21)13(6)26-15)27-28(22,23)8-7-14-18(24-11(3)4)16(20)12(5)25-14/h10-21H,7-9H2,1-6H3,(H,22,23)/t12-,13-,14+,15+,16+,17+,18?,19?/m0/s1. The Morgan fingerprint density at radius 3 is 2.04 bits per heavy atom. The van der Waals surface area contributed by atoms with Gasteiger partial charge in [0, 0.05) is 0 Å². The van der Waals surface area contributed by atoms with E-state index in [1.165, 1.54) is 0 Å². The lowest BCUT2D eigenvalue weighted by atomic mass is 10.00. The molecule has 2 aliphatic rings. The molecular weight excluding hydrogens is 387 g/mol. The number of rotatable bonds is 9. The summed E-state index contributed by atoms with van der Waals surface area (Å²) in [6.45, 7) is 11.3. The zero-order chi connectivity index (χ0) is 21.2. The second kappa shape index (κ2) is 9.84. The molecule has 0 bridgehead atoms. The highest BCUT2D eigenvalue weighted by Gasteiger charge is 2.47. The molecule has 9 heteroatoms. The Morgan fingerprint density at radius 1 is 0.964 bits per heavy atom. The van der Waals surface area contributed by atoms with Gasteiger partial charge in [-0.3, -0.25) is 9.09 Å². The van der Waals surface area contributed by atoms with Gasteiger partial charge in [0.2, 0.25) is 0 Å². The van der Waals surface area contributed by atoms with E-state index in [-0.39, 0.29) is 18.7 Å². The van der Waals surface area contributed by atoms with Gasteiger partial charge in [-0.05, 0) is 46.5 Å². The van der Waals surface area contributed by atoms with Crippen molar-refractivity contribution in [3.63, 3.8) is 0 Å². The predicted molar refractivity (Wildman–Crippen MR) is 104 cm³/mol. The molecule has 2 saturated heterocycles. The third-order valence-corrected chi connectivity index (χ3v) is 6.66. The zero-order valence-electron chi connectivity index (χ0n) is 17.7. The van der Waals surface area contributed by atoms with Gasteiger partial charge in [-0.25, -0.2) is 0 Å². The highest BCUT2D eigenvalue weighted by Crippen LogP contribution is 2.48. The third kappa shape index (κ3) is 6.22. The minimum atomic E-state index is -4.00. The number of ether oxygens (including phenoxy) is 3. The van der Waals surface area contributed by atoms with E-state index in [0.717, 1.165) is 0 Å². The molecule has 0 aromatic heterocycles. The number of hydrogen-bond acceptors (Lipinski definition) is 7. The minimum Gasteiger partial charge on any atom is -0.388 e. The molecule has 9 atom stereocenters. The average Bonchev–Trinajstić information content (AvgIpc) is 2.97. The normalized spacial score (nSPS) is 41.1. The molecule has 0 aromatic rings. The lowest BCUT2D eigenvalue weighted by Gasteiger charge is -2.26. The van der Waals surface area contributed by atoms with Crippen LogP contribution >= 0.6 is 7.60 Å². The van der Waals surface area contributed by atoms with Crippen LogP contribution in [0.2, 0.25) is 0 Å².